The Labute approximate surface area is 121 Å². The zero-order valence-corrected chi connectivity index (χ0v) is 12.7. The van der Waals surface area contributed by atoms with Crippen LogP contribution in [-0.2, 0) is 6.54 Å². The van der Waals surface area contributed by atoms with Crippen LogP contribution >= 0.6 is 0 Å². The molecule has 0 saturated heterocycles. The van der Waals surface area contributed by atoms with Gasteiger partial charge in [0, 0.05) is 24.7 Å². The van der Waals surface area contributed by atoms with Crippen LogP contribution in [-0.4, -0.2) is 32.3 Å². The lowest BCUT2D eigenvalue weighted by molar-refractivity contribution is 0.169. The number of nitrogens with one attached hydrogen (secondary N) is 2. The van der Waals surface area contributed by atoms with E-state index in [1.165, 1.54) is 0 Å². The number of hydrogen-bond acceptors (Lipinski definition) is 4. The van der Waals surface area contributed by atoms with E-state index in [4.69, 9.17) is 9.47 Å². The predicted molar refractivity (Wildman–Crippen MR) is 81.4 cm³/mol. The molecule has 0 bridgehead atoms. The topological polar surface area (TPSA) is 42.5 Å². The Balaban J connectivity index is 1.82. The fraction of sp³-hybridized carbons (Fsp3) is 0.625. The summed E-state index contributed by atoms with van der Waals surface area (Å²) in [6.45, 7) is 10.7. The Morgan fingerprint density at radius 2 is 1.90 bits per heavy atom. The molecule has 1 aromatic carbocycles. The van der Waals surface area contributed by atoms with Gasteiger partial charge in [0.15, 0.2) is 11.5 Å². The Morgan fingerprint density at radius 1 is 1.10 bits per heavy atom. The number of rotatable bonds is 7. The normalized spacial score (nSPS) is 15.4. The van der Waals surface area contributed by atoms with Gasteiger partial charge in [-0.15, -0.1) is 0 Å². The van der Waals surface area contributed by atoms with Gasteiger partial charge in [0.2, 0.25) is 0 Å². The van der Waals surface area contributed by atoms with Gasteiger partial charge in [0.25, 0.3) is 0 Å². The molecule has 20 heavy (non-hydrogen) atoms. The van der Waals surface area contributed by atoms with E-state index in [0.29, 0.717) is 25.2 Å². The van der Waals surface area contributed by atoms with Crippen LogP contribution in [0.5, 0.6) is 11.5 Å². The average molecular weight is 278 g/mol. The van der Waals surface area contributed by atoms with Crippen molar-refractivity contribution in [3.05, 3.63) is 23.8 Å². The van der Waals surface area contributed by atoms with Gasteiger partial charge in [0.05, 0.1) is 0 Å². The molecule has 0 aliphatic carbocycles. The van der Waals surface area contributed by atoms with E-state index in [-0.39, 0.29) is 0 Å². The standard InChI is InChI=1S/C16H26N2O2/c1-12(2)9-17-10-13(3)18-11-14-5-4-6-15-16(14)20-8-7-19-15/h4-6,12-13,17-18H,7-11H2,1-3H3. The maximum atomic E-state index is 5.72. The quantitative estimate of drug-likeness (QED) is 0.802. The second-order valence-electron chi connectivity index (χ2n) is 5.78. The minimum Gasteiger partial charge on any atom is -0.486 e. The van der Waals surface area contributed by atoms with Gasteiger partial charge >= 0.3 is 0 Å². The molecule has 1 aliphatic heterocycles. The number of para-hydroxylation sites is 1. The van der Waals surface area contributed by atoms with E-state index in [1.807, 2.05) is 12.1 Å². The highest BCUT2D eigenvalue weighted by atomic mass is 16.6. The van der Waals surface area contributed by atoms with Crippen molar-refractivity contribution in [2.24, 2.45) is 5.92 Å². The molecule has 1 unspecified atom stereocenters. The summed E-state index contributed by atoms with van der Waals surface area (Å²) in [4.78, 5) is 0. The minimum absolute atomic E-state index is 0.425. The summed E-state index contributed by atoms with van der Waals surface area (Å²) in [5.41, 5.74) is 1.16. The van der Waals surface area contributed by atoms with E-state index in [1.54, 1.807) is 0 Å². The SMILES string of the molecule is CC(C)CNCC(C)NCc1cccc2c1OCCO2. The highest BCUT2D eigenvalue weighted by molar-refractivity contribution is 5.47. The first kappa shape index (κ1) is 15.1. The van der Waals surface area contributed by atoms with Crippen molar-refractivity contribution in [1.29, 1.82) is 0 Å². The Kier molecular flexibility index (Phi) is 5.68. The van der Waals surface area contributed by atoms with Crippen molar-refractivity contribution < 1.29 is 9.47 Å². The molecule has 112 valence electrons. The van der Waals surface area contributed by atoms with E-state index in [0.717, 1.165) is 36.7 Å². The van der Waals surface area contributed by atoms with Gasteiger partial charge in [0.1, 0.15) is 13.2 Å². The van der Waals surface area contributed by atoms with Crippen LogP contribution in [0.3, 0.4) is 0 Å². The van der Waals surface area contributed by atoms with Crippen LogP contribution in [0.25, 0.3) is 0 Å². The van der Waals surface area contributed by atoms with Crippen molar-refractivity contribution in [3.63, 3.8) is 0 Å². The van der Waals surface area contributed by atoms with Gasteiger partial charge in [-0.2, -0.15) is 0 Å². The lowest BCUT2D eigenvalue weighted by Crippen LogP contribution is -2.37. The van der Waals surface area contributed by atoms with Crippen LogP contribution in [0.15, 0.2) is 18.2 Å². The fourth-order valence-corrected chi connectivity index (χ4v) is 2.22. The van der Waals surface area contributed by atoms with E-state index in [9.17, 15) is 0 Å². The zero-order valence-electron chi connectivity index (χ0n) is 12.7. The van der Waals surface area contributed by atoms with E-state index in [2.05, 4.69) is 37.5 Å². The number of benzene rings is 1. The highest BCUT2D eigenvalue weighted by Crippen LogP contribution is 2.33. The molecule has 1 atom stereocenters. The smallest absolute Gasteiger partial charge is 0.165 e. The summed E-state index contributed by atoms with van der Waals surface area (Å²) in [7, 11) is 0. The van der Waals surface area contributed by atoms with Gasteiger partial charge < -0.3 is 20.1 Å². The monoisotopic (exact) mass is 278 g/mol. The highest BCUT2D eigenvalue weighted by Gasteiger charge is 2.15. The lowest BCUT2D eigenvalue weighted by atomic mass is 10.1. The summed E-state index contributed by atoms with van der Waals surface area (Å²) < 4.78 is 11.3. The maximum Gasteiger partial charge on any atom is 0.165 e. The fourth-order valence-electron chi connectivity index (χ4n) is 2.22. The minimum atomic E-state index is 0.425. The maximum absolute atomic E-state index is 5.72. The first-order valence-electron chi connectivity index (χ1n) is 7.48. The van der Waals surface area contributed by atoms with E-state index >= 15 is 0 Å². The molecular formula is C16H26N2O2. The molecule has 0 amide bonds. The molecule has 1 aliphatic rings. The molecule has 0 fully saturated rings. The molecule has 0 aromatic heterocycles. The predicted octanol–water partition coefficient (Wildman–Crippen LogP) is 2.18. The van der Waals surface area contributed by atoms with Crippen molar-refractivity contribution in [3.8, 4) is 11.5 Å². The number of fused-ring (bicyclic) bond motifs is 1. The summed E-state index contributed by atoms with van der Waals surface area (Å²) >= 11 is 0. The van der Waals surface area contributed by atoms with Crippen molar-refractivity contribution in [2.45, 2.75) is 33.4 Å². The molecular weight excluding hydrogens is 252 g/mol. The third-order valence-corrected chi connectivity index (χ3v) is 3.29. The second-order valence-corrected chi connectivity index (χ2v) is 5.78. The molecule has 1 heterocycles. The second kappa shape index (κ2) is 7.50. The molecule has 4 nitrogen and oxygen atoms in total. The third kappa shape index (κ3) is 4.39. The molecule has 4 heteroatoms. The van der Waals surface area contributed by atoms with Gasteiger partial charge in [-0.05, 0) is 25.5 Å². The van der Waals surface area contributed by atoms with Gasteiger partial charge in [-0.1, -0.05) is 26.0 Å². The van der Waals surface area contributed by atoms with Crippen molar-refractivity contribution in [1.82, 2.24) is 10.6 Å². The van der Waals surface area contributed by atoms with Crippen LogP contribution in [0, 0.1) is 5.92 Å². The van der Waals surface area contributed by atoms with Crippen LogP contribution in [0.4, 0.5) is 0 Å². The molecule has 0 saturated carbocycles. The summed E-state index contributed by atoms with van der Waals surface area (Å²) in [6.07, 6.45) is 0. The molecule has 2 rings (SSSR count). The van der Waals surface area contributed by atoms with Crippen molar-refractivity contribution in [2.75, 3.05) is 26.3 Å². The lowest BCUT2D eigenvalue weighted by Gasteiger charge is -2.22. The van der Waals surface area contributed by atoms with Crippen molar-refractivity contribution >= 4 is 0 Å². The Morgan fingerprint density at radius 3 is 2.70 bits per heavy atom. The Bertz CT molecular complexity index is 421. The first-order valence-corrected chi connectivity index (χ1v) is 7.48. The summed E-state index contributed by atoms with van der Waals surface area (Å²) in [5, 5.41) is 6.99. The number of ether oxygens (including phenoxy) is 2. The Hall–Kier alpha value is -1.26. The van der Waals surface area contributed by atoms with Crippen LogP contribution in [0.2, 0.25) is 0 Å². The largest absolute Gasteiger partial charge is 0.486 e. The van der Waals surface area contributed by atoms with Crippen LogP contribution in [0.1, 0.15) is 26.3 Å². The molecule has 0 spiro atoms. The van der Waals surface area contributed by atoms with Gasteiger partial charge in [-0.25, -0.2) is 0 Å². The third-order valence-electron chi connectivity index (χ3n) is 3.29. The molecule has 1 aromatic rings. The van der Waals surface area contributed by atoms with E-state index < -0.39 is 0 Å². The first-order chi connectivity index (χ1) is 9.66. The summed E-state index contributed by atoms with van der Waals surface area (Å²) in [6, 6.07) is 6.50. The average Bonchev–Trinajstić information content (AvgIpc) is 2.44. The van der Waals surface area contributed by atoms with Gasteiger partial charge in [-0.3, -0.25) is 0 Å². The van der Waals surface area contributed by atoms with Crippen LogP contribution < -0.4 is 20.1 Å². The zero-order chi connectivity index (χ0) is 14.4. The number of hydrogen-bond donors (Lipinski definition) is 2. The summed E-state index contributed by atoms with van der Waals surface area (Å²) in [5.74, 6) is 2.45. The molecule has 0 radical (unpaired) electrons. The molecule has 2 N–H and O–H groups in total.